The van der Waals surface area contributed by atoms with Crippen molar-refractivity contribution in [1.29, 1.82) is 0 Å². The van der Waals surface area contributed by atoms with Crippen LogP contribution in [0, 0.1) is 0 Å². The second-order valence-electron chi connectivity index (χ2n) is 4.21. The molecule has 17 heavy (non-hydrogen) atoms. The van der Waals surface area contributed by atoms with E-state index in [1.54, 1.807) is 14.2 Å². The van der Waals surface area contributed by atoms with Gasteiger partial charge in [0.05, 0.1) is 6.04 Å². The van der Waals surface area contributed by atoms with E-state index in [0.717, 1.165) is 5.69 Å². The van der Waals surface area contributed by atoms with Gasteiger partial charge in [0.25, 0.3) is 0 Å². The molecule has 4 heteroatoms. The molecule has 0 aliphatic rings. The first-order chi connectivity index (χ1) is 8.08. The molecule has 0 aliphatic heterocycles. The van der Waals surface area contributed by atoms with Crippen molar-refractivity contribution < 1.29 is 9.47 Å². The Balaban J connectivity index is 2.62. The third-order valence-electron chi connectivity index (χ3n) is 2.65. The number of hydrogen-bond donors (Lipinski definition) is 1. The summed E-state index contributed by atoms with van der Waals surface area (Å²) in [4.78, 5) is 2.07. The molecule has 1 rings (SSSR count). The van der Waals surface area contributed by atoms with E-state index in [0.29, 0.717) is 0 Å². The Morgan fingerprint density at radius 1 is 1.06 bits per heavy atom. The number of ether oxygens (including phenoxy) is 2. The largest absolute Gasteiger partial charge is 0.378 e. The minimum absolute atomic E-state index is 0.0928. The van der Waals surface area contributed by atoms with Gasteiger partial charge in [-0.3, -0.25) is 0 Å². The summed E-state index contributed by atoms with van der Waals surface area (Å²) in [7, 11) is 7.33. The van der Waals surface area contributed by atoms with Crippen LogP contribution >= 0.6 is 0 Å². The van der Waals surface area contributed by atoms with Gasteiger partial charge in [-0.1, -0.05) is 0 Å². The van der Waals surface area contributed by atoms with Crippen molar-refractivity contribution in [1.82, 2.24) is 0 Å². The average molecular weight is 238 g/mol. The van der Waals surface area contributed by atoms with Gasteiger partial charge in [0, 0.05) is 39.7 Å². The molecule has 1 unspecified atom stereocenters. The molecule has 0 amide bonds. The minimum atomic E-state index is -0.247. The van der Waals surface area contributed by atoms with Crippen LogP contribution in [0.5, 0.6) is 0 Å². The molecule has 0 aromatic heterocycles. The zero-order valence-electron chi connectivity index (χ0n) is 11.2. The van der Waals surface area contributed by atoms with Crippen LogP contribution in [0.1, 0.15) is 6.92 Å². The van der Waals surface area contributed by atoms with Crippen LogP contribution in [0.3, 0.4) is 0 Å². The Morgan fingerprint density at radius 3 is 2.00 bits per heavy atom. The van der Waals surface area contributed by atoms with Crippen molar-refractivity contribution in [3.63, 3.8) is 0 Å². The molecule has 1 aromatic carbocycles. The molecule has 1 atom stereocenters. The number of nitrogens with one attached hydrogen (secondary N) is 1. The molecule has 1 aromatic rings. The quantitative estimate of drug-likeness (QED) is 0.770. The fourth-order valence-electron chi connectivity index (χ4n) is 1.69. The van der Waals surface area contributed by atoms with Crippen LogP contribution in [0.25, 0.3) is 0 Å². The molecule has 0 spiro atoms. The average Bonchev–Trinajstić information content (AvgIpc) is 2.31. The molecule has 0 radical (unpaired) electrons. The van der Waals surface area contributed by atoms with Gasteiger partial charge in [-0.15, -0.1) is 0 Å². The summed E-state index contributed by atoms with van der Waals surface area (Å²) in [6, 6.07) is 8.34. The second-order valence-corrected chi connectivity index (χ2v) is 4.21. The van der Waals surface area contributed by atoms with Crippen molar-refractivity contribution in [2.45, 2.75) is 19.3 Å². The smallest absolute Gasteiger partial charge is 0.176 e. The van der Waals surface area contributed by atoms with Gasteiger partial charge in [0.1, 0.15) is 0 Å². The van der Waals surface area contributed by atoms with E-state index in [1.165, 1.54) is 5.69 Å². The number of rotatable bonds is 6. The van der Waals surface area contributed by atoms with Crippen molar-refractivity contribution in [3.05, 3.63) is 24.3 Å². The van der Waals surface area contributed by atoms with Crippen LogP contribution in [-0.4, -0.2) is 40.6 Å². The van der Waals surface area contributed by atoms with E-state index < -0.39 is 0 Å². The molecule has 1 N–H and O–H groups in total. The molecule has 0 heterocycles. The Kier molecular flexibility index (Phi) is 5.25. The van der Waals surface area contributed by atoms with Crippen LogP contribution in [0.15, 0.2) is 24.3 Å². The van der Waals surface area contributed by atoms with Gasteiger partial charge in [-0.2, -0.15) is 0 Å². The van der Waals surface area contributed by atoms with E-state index in [4.69, 9.17) is 9.47 Å². The molecular weight excluding hydrogens is 216 g/mol. The Hall–Kier alpha value is -1.26. The van der Waals surface area contributed by atoms with E-state index in [-0.39, 0.29) is 12.3 Å². The lowest BCUT2D eigenvalue weighted by Crippen LogP contribution is -2.33. The first kappa shape index (κ1) is 13.8. The monoisotopic (exact) mass is 238 g/mol. The van der Waals surface area contributed by atoms with Gasteiger partial charge in [0.15, 0.2) is 6.29 Å². The number of nitrogens with zero attached hydrogens (tertiary/aromatic N) is 1. The minimum Gasteiger partial charge on any atom is -0.378 e. The first-order valence-corrected chi connectivity index (χ1v) is 5.68. The third-order valence-corrected chi connectivity index (χ3v) is 2.65. The summed E-state index contributed by atoms with van der Waals surface area (Å²) in [5.74, 6) is 0. The van der Waals surface area contributed by atoms with E-state index in [2.05, 4.69) is 22.3 Å². The predicted molar refractivity (Wildman–Crippen MR) is 71.7 cm³/mol. The molecular formula is C13H22N2O2. The van der Waals surface area contributed by atoms with Crippen molar-refractivity contribution >= 4 is 11.4 Å². The summed E-state index contributed by atoms with van der Waals surface area (Å²) < 4.78 is 10.4. The Bertz CT molecular complexity index is 321. The third kappa shape index (κ3) is 3.91. The summed E-state index contributed by atoms with van der Waals surface area (Å²) >= 11 is 0. The standard InChI is InChI=1S/C13H22N2O2/c1-10(13(16-4)17-5)14-11-6-8-12(9-7-11)15(2)3/h6-10,13-14H,1-5H3. The first-order valence-electron chi connectivity index (χ1n) is 5.68. The lowest BCUT2D eigenvalue weighted by Gasteiger charge is -2.23. The molecule has 0 fully saturated rings. The Morgan fingerprint density at radius 2 is 1.59 bits per heavy atom. The summed E-state index contributed by atoms with van der Waals surface area (Å²) in [6.45, 7) is 2.03. The normalized spacial score (nSPS) is 12.6. The van der Waals surface area contributed by atoms with Crippen LogP contribution in [-0.2, 0) is 9.47 Å². The number of hydrogen-bond acceptors (Lipinski definition) is 4. The molecule has 0 bridgehead atoms. The Labute approximate surface area is 104 Å². The molecule has 0 aliphatic carbocycles. The lowest BCUT2D eigenvalue weighted by molar-refractivity contribution is -0.109. The van der Waals surface area contributed by atoms with Crippen molar-refractivity contribution in [2.24, 2.45) is 0 Å². The van der Waals surface area contributed by atoms with Gasteiger partial charge in [-0.25, -0.2) is 0 Å². The fraction of sp³-hybridized carbons (Fsp3) is 0.538. The zero-order chi connectivity index (χ0) is 12.8. The highest BCUT2D eigenvalue weighted by molar-refractivity contribution is 5.54. The molecule has 96 valence electrons. The number of benzene rings is 1. The fourth-order valence-corrected chi connectivity index (χ4v) is 1.69. The maximum Gasteiger partial charge on any atom is 0.176 e. The topological polar surface area (TPSA) is 33.7 Å². The SMILES string of the molecule is COC(OC)C(C)Nc1ccc(N(C)C)cc1. The highest BCUT2D eigenvalue weighted by Gasteiger charge is 2.15. The van der Waals surface area contributed by atoms with Crippen LogP contribution in [0.2, 0.25) is 0 Å². The van der Waals surface area contributed by atoms with Gasteiger partial charge < -0.3 is 19.7 Å². The molecule has 4 nitrogen and oxygen atoms in total. The number of anilines is 2. The van der Waals surface area contributed by atoms with Crippen LogP contribution in [0.4, 0.5) is 11.4 Å². The summed E-state index contributed by atoms with van der Waals surface area (Å²) in [6.07, 6.45) is -0.247. The van der Waals surface area contributed by atoms with Gasteiger partial charge in [-0.05, 0) is 31.2 Å². The summed E-state index contributed by atoms with van der Waals surface area (Å²) in [5.41, 5.74) is 2.24. The maximum absolute atomic E-state index is 5.20. The molecule has 0 saturated carbocycles. The van der Waals surface area contributed by atoms with E-state index in [9.17, 15) is 0 Å². The second kappa shape index (κ2) is 6.47. The van der Waals surface area contributed by atoms with E-state index >= 15 is 0 Å². The van der Waals surface area contributed by atoms with Gasteiger partial charge >= 0.3 is 0 Å². The van der Waals surface area contributed by atoms with Crippen molar-refractivity contribution in [2.75, 3.05) is 38.5 Å². The lowest BCUT2D eigenvalue weighted by atomic mass is 10.2. The molecule has 0 saturated heterocycles. The summed E-state index contributed by atoms with van der Waals surface area (Å²) in [5, 5.41) is 3.34. The highest BCUT2D eigenvalue weighted by atomic mass is 16.7. The maximum atomic E-state index is 5.20. The van der Waals surface area contributed by atoms with Crippen LogP contribution < -0.4 is 10.2 Å². The number of methoxy groups -OCH3 is 2. The highest BCUT2D eigenvalue weighted by Crippen LogP contribution is 2.17. The zero-order valence-corrected chi connectivity index (χ0v) is 11.2. The van der Waals surface area contributed by atoms with Gasteiger partial charge in [0.2, 0.25) is 0 Å². The predicted octanol–water partition coefficient (Wildman–Crippen LogP) is 2.17. The van der Waals surface area contributed by atoms with Crippen molar-refractivity contribution in [3.8, 4) is 0 Å². The van der Waals surface area contributed by atoms with E-state index in [1.807, 2.05) is 33.2 Å².